The molecule has 1 aliphatic carbocycles. The molecule has 0 N–H and O–H groups in total. The second kappa shape index (κ2) is 4.13. The number of rotatable bonds is 2. The Morgan fingerprint density at radius 3 is 3.29 bits per heavy atom. The summed E-state index contributed by atoms with van der Waals surface area (Å²) in [6.45, 7) is 2.57. The van der Waals surface area contributed by atoms with Crippen LogP contribution in [-0.4, -0.2) is 25.3 Å². The lowest BCUT2D eigenvalue weighted by Gasteiger charge is -2.07. The van der Waals surface area contributed by atoms with Crippen molar-refractivity contribution in [2.75, 3.05) is 13.2 Å². The second-order valence-corrected chi connectivity index (χ2v) is 3.97. The summed E-state index contributed by atoms with van der Waals surface area (Å²) in [6.07, 6.45) is 6.14. The summed E-state index contributed by atoms with van der Waals surface area (Å²) in [5.74, 6) is 0.384. The lowest BCUT2D eigenvalue weighted by molar-refractivity contribution is -0.139. The highest BCUT2D eigenvalue weighted by molar-refractivity contribution is 5.66. The second-order valence-electron chi connectivity index (χ2n) is 3.97. The summed E-state index contributed by atoms with van der Waals surface area (Å²) in [4.78, 5) is 10.6. The molecular weight excluding hydrogens is 180 g/mol. The minimum absolute atomic E-state index is 0.219. The summed E-state index contributed by atoms with van der Waals surface area (Å²) in [6, 6.07) is 0. The van der Waals surface area contributed by atoms with E-state index < -0.39 is 0 Å². The molecule has 0 aromatic carbocycles. The lowest BCUT2D eigenvalue weighted by Crippen LogP contribution is -2.08. The highest BCUT2D eigenvalue weighted by atomic mass is 16.5. The van der Waals surface area contributed by atoms with Gasteiger partial charge in [-0.3, -0.25) is 4.79 Å². The van der Waals surface area contributed by atoms with Gasteiger partial charge in [0.05, 0.1) is 12.7 Å². The van der Waals surface area contributed by atoms with Crippen LogP contribution >= 0.6 is 0 Å². The van der Waals surface area contributed by atoms with Crippen molar-refractivity contribution in [1.29, 1.82) is 0 Å². The topological polar surface area (TPSA) is 35.5 Å². The first-order chi connectivity index (χ1) is 6.77. The zero-order valence-electron chi connectivity index (χ0n) is 8.49. The Labute approximate surface area is 84.1 Å². The maximum absolute atomic E-state index is 10.6. The van der Waals surface area contributed by atoms with Gasteiger partial charge >= 0.3 is 5.97 Å². The first-order valence-electron chi connectivity index (χ1n) is 5.21. The van der Waals surface area contributed by atoms with Gasteiger partial charge in [0.1, 0.15) is 6.61 Å². The molecule has 0 bridgehead atoms. The van der Waals surface area contributed by atoms with Crippen LogP contribution in [0.15, 0.2) is 11.6 Å². The van der Waals surface area contributed by atoms with E-state index in [1.165, 1.54) is 31.8 Å². The molecule has 0 spiro atoms. The van der Waals surface area contributed by atoms with E-state index in [1.807, 2.05) is 6.08 Å². The van der Waals surface area contributed by atoms with Crippen LogP contribution in [0.3, 0.4) is 0 Å². The third-order valence-corrected chi connectivity index (χ3v) is 3.03. The van der Waals surface area contributed by atoms with Crippen LogP contribution in [-0.2, 0) is 14.3 Å². The number of carbonyl (C=O) groups excluding carboxylic acids is 1. The molecule has 1 aliphatic heterocycles. The van der Waals surface area contributed by atoms with E-state index >= 15 is 0 Å². The summed E-state index contributed by atoms with van der Waals surface area (Å²) in [7, 11) is 0. The van der Waals surface area contributed by atoms with E-state index in [4.69, 9.17) is 9.47 Å². The summed E-state index contributed by atoms with van der Waals surface area (Å²) >= 11 is 0. The third kappa shape index (κ3) is 1.98. The zero-order valence-corrected chi connectivity index (χ0v) is 8.49. The Hall–Kier alpha value is -0.830. The lowest BCUT2D eigenvalue weighted by atomic mass is 9.99. The quantitative estimate of drug-likeness (QED) is 0.498. The minimum atomic E-state index is -0.219. The highest BCUT2D eigenvalue weighted by Crippen LogP contribution is 2.38. The molecule has 2 atom stereocenters. The van der Waals surface area contributed by atoms with E-state index in [1.54, 1.807) is 0 Å². The van der Waals surface area contributed by atoms with E-state index in [0.29, 0.717) is 18.6 Å². The number of hydrogen-bond acceptors (Lipinski definition) is 3. The minimum Gasteiger partial charge on any atom is -0.462 e. The molecule has 2 fully saturated rings. The van der Waals surface area contributed by atoms with Crippen molar-refractivity contribution in [2.24, 2.45) is 5.92 Å². The van der Waals surface area contributed by atoms with Gasteiger partial charge < -0.3 is 9.47 Å². The molecule has 0 amide bonds. The fraction of sp³-hybridized carbons (Fsp3) is 0.727. The van der Waals surface area contributed by atoms with Crippen molar-refractivity contribution in [3.8, 4) is 0 Å². The van der Waals surface area contributed by atoms with Crippen molar-refractivity contribution in [1.82, 2.24) is 0 Å². The predicted octanol–water partition coefficient (Wildman–Crippen LogP) is 1.67. The summed E-state index contributed by atoms with van der Waals surface area (Å²) < 4.78 is 10.5. The summed E-state index contributed by atoms with van der Waals surface area (Å²) in [5.41, 5.74) is 1.33. The standard InChI is InChI=1S/C11H16O3/c1-8(12)13-6-5-9-7-14-11-4-2-3-10(9)11/h5,10-11H,2-4,6-7H2,1H3/b9-5+/t10-,11-/m0/s1. The van der Waals surface area contributed by atoms with Gasteiger partial charge in [0, 0.05) is 12.8 Å². The number of carbonyl (C=O) groups is 1. The smallest absolute Gasteiger partial charge is 0.302 e. The van der Waals surface area contributed by atoms with Gasteiger partial charge in [0.25, 0.3) is 0 Å². The average Bonchev–Trinajstić information content (AvgIpc) is 2.67. The Bertz CT molecular complexity index is 257. The molecule has 1 saturated heterocycles. The molecule has 0 radical (unpaired) electrons. The number of ether oxygens (including phenoxy) is 2. The van der Waals surface area contributed by atoms with Crippen LogP contribution in [0, 0.1) is 5.92 Å². The Morgan fingerprint density at radius 2 is 2.50 bits per heavy atom. The Balaban J connectivity index is 1.88. The summed E-state index contributed by atoms with van der Waals surface area (Å²) in [5, 5.41) is 0. The van der Waals surface area contributed by atoms with Crippen LogP contribution in [0.5, 0.6) is 0 Å². The number of fused-ring (bicyclic) bond motifs is 1. The fourth-order valence-electron chi connectivity index (χ4n) is 2.34. The first kappa shape index (κ1) is 9.71. The molecule has 1 saturated carbocycles. The molecule has 1 heterocycles. The van der Waals surface area contributed by atoms with E-state index in [-0.39, 0.29) is 5.97 Å². The molecule has 2 rings (SSSR count). The SMILES string of the molecule is CC(=O)OC/C=C1\CO[C@H]2CCC[C@@H]12. The molecule has 78 valence electrons. The van der Waals surface area contributed by atoms with Crippen molar-refractivity contribution < 1.29 is 14.3 Å². The monoisotopic (exact) mass is 196 g/mol. The van der Waals surface area contributed by atoms with Gasteiger partial charge in [-0.1, -0.05) is 6.42 Å². The maximum atomic E-state index is 10.6. The maximum Gasteiger partial charge on any atom is 0.302 e. The predicted molar refractivity (Wildman–Crippen MR) is 51.8 cm³/mol. The van der Waals surface area contributed by atoms with Gasteiger partial charge in [0.2, 0.25) is 0 Å². The molecule has 0 unspecified atom stereocenters. The Morgan fingerprint density at radius 1 is 1.64 bits per heavy atom. The van der Waals surface area contributed by atoms with Crippen molar-refractivity contribution in [3.05, 3.63) is 11.6 Å². The Kier molecular flexibility index (Phi) is 2.87. The van der Waals surface area contributed by atoms with Gasteiger partial charge in [-0.05, 0) is 24.5 Å². The van der Waals surface area contributed by atoms with Crippen LogP contribution in [0.4, 0.5) is 0 Å². The molecule has 2 aliphatic rings. The normalized spacial score (nSPS) is 33.4. The molecule has 0 aromatic rings. The van der Waals surface area contributed by atoms with Gasteiger partial charge in [-0.25, -0.2) is 0 Å². The highest BCUT2D eigenvalue weighted by Gasteiger charge is 2.35. The number of hydrogen-bond donors (Lipinski definition) is 0. The molecular formula is C11H16O3. The molecule has 3 heteroatoms. The van der Waals surface area contributed by atoms with E-state index in [9.17, 15) is 4.79 Å². The van der Waals surface area contributed by atoms with Crippen molar-refractivity contribution >= 4 is 5.97 Å². The van der Waals surface area contributed by atoms with Crippen molar-refractivity contribution in [2.45, 2.75) is 32.3 Å². The van der Waals surface area contributed by atoms with Crippen molar-refractivity contribution in [3.63, 3.8) is 0 Å². The number of esters is 1. The third-order valence-electron chi connectivity index (χ3n) is 3.03. The molecule has 0 aromatic heterocycles. The molecule has 3 nitrogen and oxygen atoms in total. The zero-order chi connectivity index (χ0) is 9.97. The van der Waals surface area contributed by atoms with Crippen LogP contribution < -0.4 is 0 Å². The van der Waals surface area contributed by atoms with E-state index in [0.717, 1.165) is 6.61 Å². The largest absolute Gasteiger partial charge is 0.462 e. The van der Waals surface area contributed by atoms with E-state index in [2.05, 4.69) is 0 Å². The molecule has 14 heavy (non-hydrogen) atoms. The van der Waals surface area contributed by atoms with Crippen LogP contribution in [0.1, 0.15) is 26.2 Å². The van der Waals surface area contributed by atoms with Gasteiger partial charge in [-0.2, -0.15) is 0 Å². The van der Waals surface area contributed by atoms with Gasteiger partial charge in [0.15, 0.2) is 0 Å². The first-order valence-corrected chi connectivity index (χ1v) is 5.21. The van der Waals surface area contributed by atoms with Crippen LogP contribution in [0.2, 0.25) is 0 Å². The van der Waals surface area contributed by atoms with Gasteiger partial charge in [-0.15, -0.1) is 0 Å². The van der Waals surface area contributed by atoms with Crippen LogP contribution in [0.25, 0.3) is 0 Å². The fourth-order valence-corrected chi connectivity index (χ4v) is 2.34. The average molecular weight is 196 g/mol.